The zero-order valence-corrected chi connectivity index (χ0v) is 13.0. The number of nitrogens with zero attached hydrogens (tertiary/aromatic N) is 1. The molecule has 0 aliphatic carbocycles. The first kappa shape index (κ1) is 15.7. The number of carbonyl (C=O) groups is 1. The summed E-state index contributed by atoms with van der Waals surface area (Å²) in [5.41, 5.74) is -0.349. The third kappa shape index (κ3) is 4.22. The number of carbonyl (C=O) groups excluding carboxylic acids is 1. The van der Waals surface area contributed by atoms with Gasteiger partial charge in [0.15, 0.2) is 0 Å². The van der Waals surface area contributed by atoms with Crippen LogP contribution in [0.1, 0.15) is 17.4 Å². The van der Waals surface area contributed by atoms with Gasteiger partial charge in [-0.15, -0.1) is 0 Å². The number of carboxylic acids is 1. The van der Waals surface area contributed by atoms with Gasteiger partial charge in [-0.3, -0.25) is 4.21 Å². The van der Waals surface area contributed by atoms with Crippen LogP contribution in [-0.4, -0.2) is 20.9 Å². The summed E-state index contributed by atoms with van der Waals surface area (Å²) in [4.78, 5) is 14.3. The average Bonchev–Trinajstić information content (AvgIpc) is 2.16. The van der Waals surface area contributed by atoms with Gasteiger partial charge in [-0.25, -0.2) is 4.98 Å². The Bertz CT molecular complexity index is 399. The summed E-state index contributed by atoms with van der Waals surface area (Å²) in [6, 6.07) is 2.79. The van der Waals surface area contributed by atoms with E-state index in [-0.39, 0.29) is 67.1 Å². The van der Waals surface area contributed by atoms with Gasteiger partial charge in [0.25, 0.3) is 0 Å². The molecule has 15 heavy (non-hydrogen) atoms. The van der Waals surface area contributed by atoms with Crippen LogP contribution < -0.4 is 56.5 Å². The first-order valence-corrected chi connectivity index (χ1v) is 5.52. The molecule has 0 N–H and O–H groups in total. The van der Waals surface area contributed by atoms with E-state index < -0.39 is 16.8 Å². The SMILES string of the molecule is CCS(=O)c1ccc(Cl)nc1C(=O)[O-].[K+]. The molecule has 0 bridgehead atoms. The molecule has 7 heteroatoms. The molecule has 1 unspecified atom stereocenters. The van der Waals surface area contributed by atoms with Gasteiger partial charge in [0.2, 0.25) is 0 Å². The van der Waals surface area contributed by atoms with Gasteiger partial charge < -0.3 is 9.90 Å². The van der Waals surface area contributed by atoms with Gasteiger partial charge in [-0.2, -0.15) is 0 Å². The van der Waals surface area contributed by atoms with Crippen molar-refractivity contribution in [1.29, 1.82) is 0 Å². The molecule has 0 aromatic carbocycles. The van der Waals surface area contributed by atoms with Gasteiger partial charge in [-0.1, -0.05) is 18.5 Å². The molecule has 1 heterocycles. The van der Waals surface area contributed by atoms with Crippen molar-refractivity contribution in [2.45, 2.75) is 11.8 Å². The summed E-state index contributed by atoms with van der Waals surface area (Å²) < 4.78 is 11.4. The summed E-state index contributed by atoms with van der Waals surface area (Å²) in [6.45, 7) is 1.68. The van der Waals surface area contributed by atoms with E-state index in [4.69, 9.17) is 11.6 Å². The van der Waals surface area contributed by atoms with E-state index in [1.54, 1.807) is 6.92 Å². The fourth-order valence-corrected chi connectivity index (χ4v) is 1.93. The second kappa shape index (κ2) is 7.11. The standard InChI is InChI=1S/C8H8ClNO3S.K/c1-2-14(13)5-3-4-6(9)10-7(5)8(11)12;/h3-4H,2H2,1H3,(H,11,12);/q;+1/p-1. The number of aromatic nitrogens is 1. The largest absolute Gasteiger partial charge is 1.00 e. The zero-order chi connectivity index (χ0) is 10.7. The normalized spacial score (nSPS) is 11.6. The zero-order valence-electron chi connectivity index (χ0n) is 8.32. The van der Waals surface area contributed by atoms with Crippen LogP contribution in [0.2, 0.25) is 5.15 Å². The number of hydrogen-bond donors (Lipinski definition) is 0. The minimum atomic E-state index is -1.47. The monoisotopic (exact) mass is 271 g/mol. The van der Waals surface area contributed by atoms with Crippen LogP contribution in [0, 0.1) is 0 Å². The van der Waals surface area contributed by atoms with E-state index >= 15 is 0 Å². The van der Waals surface area contributed by atoms with Crippen molar-refractivity contribution in [2.75, 3.05) is 5.75 Å². The third-order valence-corrected chi connectivity index (χ3v) is 3.08. The summed E-state index contributed by atoms with van der Waals surface area (Å²) in [5, 5.41) is 10.7. The first-order chi connectivity index (χ1) is 6.56. The smallest absolute Gasteiger partial charge is 0.543 e. The Kier molecular flexibility index (Phi) is 7.44. The fourth-order valence-electron chi connectivity index (χ4n) is 0.908. The second-order valence-corrected chi connectivity index (χ2v) is 4.50. The average molecular weight is 272 g/mol. The second-order valence-electron chi connectivity index (χ2n) is 2.40. The predicted octanol–water partition coefficient (Wildman–Crippen LogP) is -2.77. The first-order valence-electron chi connectivity index (χ1n) is 3.82. The Morgan fingerprint density at radius 1 is 1.60 bits per heavy atom. The maximum atomic E-state index is 11.4. The predicted molar refractivity (Wildman–Crippen MR) is 50.5 cm³/mol. The van der Waals surface area contributed by atoms with Gasteiger partial charge in [-0.05, 0) is 12.1 Å². The summed E-state index contributed by atoms with van der Waals surface area (Å²) in [6.07, 6.45) is 0. The van der Waals surface area contributed by atoms with Crippen molar-refractivity contribution in [1.82, 2.24) is 4.98 Å². The van der Waals surface area contributed by atoms with Crippen molar-refractivity contribution in [3.8, 4) is 0 Å². The molecule has 1 aromatic heterocycles. The number of hydrogen-bond acceptors (Lipinski definition) is 4. The Balaban J connectivity index is 0.00000196. The maximum Gasteiger partial charge on any atom is 1.00 e. The van der Waals surface area contributed by atoms with Crippen LogP contribution in [0.15, 0.2) is 17.0 Å². The molecular formula is C8H7ClKNO3S. The molecule has 4 nitrogen and oxygen atoms in total. The molecule has 1 atom stereocenters. The molecule has 0 saturated carbocycles. The van der Waals surface area contributed by atoms with Crippen molar-refractivity contribution in [3.05, 3.63) is 23.0 Å². The molecule has 1 aromatic rings. The Hall–Kier alpha value is 0.696. The topological polar surface area (TPSA) is 70.1 Å². The number of pyridine rings is 1. The minimum absolute atomic E-state index is 0. The van der Waals surface area contributed by atoms with Crippen molar-refractivity contribution >= 4 is 28.4 Å². The molecule has 0 radical (unpaired) electrons. The molecular weight excluding hydrogens is 265 g/mol. The molecule has 0 amide bonds. The molecule has 0 spiro atoms. The van der Waals surface area contributed by atoms with Crippen LogP contribution in [0.3, 0.4) is 0 Å². The van der Waals surface area contributed by atoms with E-state index in [0.29, 0.717) is 5.75 Å². The quantitative estimate of drug-likeness (QED) is 0.441. The van der Waals surface area contributed by atoms with Gasteiger partial charge in [0.05, 0.1) is 21.7 Å². The van der Waals surface area contributed by atoms with Gasteiger partial charge >= 0.3 is 51.4 Å². The molecule has 0 fully saturated rings. The van der Waals surface area contributed by atoms with E-state index in [1.807, 2.05) is 0 Å². The number of aromatic carboxylic acids is 1. The molecule has 0 aliphatic heterocycles. The molecule has 1 rings (SSSR count). The van der Waals surface area contributed by atoms with Gasteiger partial charge in [0, 0.05) is 5.75 Å². The number of carboxylic acid groups (broad SMARTS) is 1. The molecule has 0 aliphatic rings. The summed E-state index contributed by atoms with van der Waals surface area (Å²) in [5.74, 6) is -1.15. The fraction of sp³-hybridized carbons (Fsp3) is 0.250. The van der Waals surface area contributed by atoms with E-state index in [2.05, 4.69) is 4.98 Å². The van der Waals surface area contributed by atoms with Crippen LogP contribution in [0.5, 0.6) is 0 Å². The van der Waals surface area contributed by atoms with Crippen molar-refractivity contribution in [2.24, 2.45) is 0 Å². The van der Waals surface area contributed by atoms with E-state index in [0.717, 1.165) is 0 Å². The number of halogens is 1. The van der Waals surface area contributed by atoms with E-state index in [9.17, 15) is 14.1 Å². The summed E-state index contributed by atoms with van der Waals surface area (Å²) in [7, 11) is -1.37. The van der Waals surface area contributed by atoms with E-state index in [1.165, 1.54) is 12.1 Å². The molecule has 76 valence electrons. The maximum absolute atomic E-state index is 11.4. The molecule has 0 saturated heterocycles. The van der Waals surface area contributed by atoms with Crippen LogP contribution in [0.25, 0.3) is 0 Å². The van der Waals surface area contributed by atoms with Crippen LogP contribution in [0.4, 0.5) is 0 Å². The Labute approximate surface area is 137 Å². The van der Waals surface area contributed by atoms with Crippen LogP contribution >= 0.6 is 11.6 Å². The third-order valence-electron chi connectivity index (χ3n) is 1.53. The summed E-state index contributed by atoms with van der Waals surface area (Å²) >= 11 is 5.51. The van der Waals surface area contributed by atoms with Gasteiger partial charge in [0.1, 0.15) is 10.8 Å². The van der Waals surface area contributed by atoms with Crippen LogP contribution in [-0.2, 0) is 10.8 Å². The Morgan fingerprint density at radius 3 is 2.67 bits per heavy atom. The minimum Gasteiger partial charge on any atom is -0.543 e. The Morgan fingerprint density at radius 2 is 2.20 bits per heavy atom. The number of rotatable bonds is 3. The van der Waals surface area contributed by atoms with Crippen molar-refractivity contribution < 1.29 is 65.5 Å². The van der Waals surface area contributed by atoms with Crippen molar-refractivity contribution in [3.63, 3.8) is 0 Å².